The molecule has 2 aliphatic rings. The Bertz CT molecular complexity index is 683. The molecule has 0 bridgehead atoms. The molecule has 1 radical (unpaired) electrons. The normalized spacial score (nSPS) is 15.1. The predicted octanol–water partition coefficient (Wildman–Crippen LogP) is 3.72. The van der Waals surface area contributed by atoms with Gasteiger partial charge in [0.15, 0.2) is 0 Å². The Balaban J connectivity index is 0.00000110. The summed E-state index contributed by atoms with van der Waals surface area (Å²) in [6, 6.07) is 16.0. The van der Waals surface area contributed by atoms with Crippen LogP contribution in [0.4, 0.5) is 10.1 Å². The largest absolute Gasteiger partial charge is 0.620 e. The molecule has 0 spiro atoms. The van der Waals surface area contributed by atoms with E-state index in [1.54, 1.807) is 4.90 Å². The number of hydrogen-bond donors (Lipinski definition) is 0. The SMILES string of the molecule is FC1=C2c3ccccc3-c3ccc[c-]c3N2[CH-]O1.[Ir]. The molecule has 2 aliphatic heterocycles. The molecule has 0 saturated carbocycles. The van der Waals surface area contributed by atoms with E-state index in [4.69, 9.17) is 4.74 Å². The second-order valence-electron chi connectivity index (χ2n) is 4.19. The van der Waals surface area contributed by atoms with E-state index in [1.807, 2.05) is 42.5 Å². The summed E-state index contributed by atoms with van der Waals surface area (Å²) in [5.41, 5.74) is 4.16. The summed E-state index contributed by atoms with van der Waals surface area (Å²) in [4.78, 5) is 1.70. The van der Waals surface area contributed by atoms with Gasteiger partial charge in [-0.3, -0.25) is 0 Å². The third-order valence-corrected chi connectivity index (χ3v) is 3.24. The molecule has 0 atom stereocenters. The molecule has 0 saturated heterocycles. The minimum atomic E-state index is -0.564. The third kappa shape index (κ3) is 1.64. The van der Waals surface area contributed by atoms with Crippen molar-refractivity contribution in [1.29, 1.82) is 0 Å². The van der Waals surface area contributed by atoms with Gasteiger partial charge in [0, 0.05) is 20.1 Å². The van der Waals surface area contributed by atoms with Gasteiger partial charge in [-0.15, -0.1) is 5.56 Å². The van der Waals surface area contributed by atoms with Crippen LogP contribution in [0.25, 0.3) is 16.8 Å². The summed E-state index contributed by atoms with van der Waals surface area (Å²) >= 11 is 0. The summed E-state index contributed by atoms with van der Waals surface area (Å²) in [5.74, 6) is 0. The molecule has 19 heavy (non-hydrogen) atoms. The van der Waals surface area contributed by atoms with Crippen molar-refractivity contribution in [2.45, 2.75) is 0 Å². The standard InChI is InChI=1S/C15H8FNO.Ir/c16-15-14-12-7-2-1-5-10(12)11-6-3-4-8-13(11)17(14)9-18-15;/h1-7,9H;/q-2;. The van der Waals surface area contributed by atoms with Gasteiger partial charge >= 0.3 is 0 Å². The van der Waals surface area contributed by atoms with E-state index in [-0.39, 0.29) is 20.1 Å². The zero-order valence-corrected chi connectivity index (χ0v) is 12.1. The minimum Gasteiger partial charge on any atom is -0.620 e. The number of para-hydroxylation sites is 1. The van der Waals surface area contributed by atoms with Crippen molar-refractivity contribution in [3.8, 4) is 11.1 Å². The first-order valence-corrected chi connectivity index (χ1v) is 5.66. The van der Waals surface area contributed by atoms with E-state index in [2.05, 4.69) is 6.07 Å². The van der Waals surface area contributed by atoms with Gasteiger partial charge in [-0.1, -0.05) is 42.2 Å². The number of fused-ring (bicyclic) bond motifs is 6. The van der Waals surface area contributed by atoms with Crippen molar-refractivity contribution in [1.82, 2.24) is 0 Å². The Kier molecular flexibility index (Phi) is 2.92. The van der Waals surface area contributed by atoms with Crippen LogP contribution in [0.15, 0.2) is 48.5 Å². The smallest absolute Gasteiger partial charge is 0.265 e. The Hall–Kier alpha value is -1.64. The van der Waals surface area contributed by atoms with Crippen LogP contribution in [0.5, 0.6) is 0 Å². The molecule has 0 N–H and O–H groups in total. The summed E-state index contributed by atoms with van der Waals surface area (Å²) in [5, 5.41) is 0. The van der Waals surface area contributed by atoms with Crippen LogP contribution in [-0.4, -0.2) is 0 Å². The molecule has 4 heteroatoms. The van der Waals surface area contributed by atoms with E-state index in [9.17, 15) is 4.39 Å². The first-order valence-electron chi connectivity index (χ1n) is 5.66. The average molecular weight is 429 g/mol. The first-order chi connectivity index (χ1) is 8.86. The number of benzene rings is 2. The van der Waals surface area contributed by atoms with E-state index < -0.39 is 6.01 Å². The number of anilines is 1. The molecule has 2 heterocycles. The van der Waals surface area contributed by atoms with E-state index in [0.717, 1.165) is 22.4 Å². The van der Waals surface area contributed by atoms with Crippen LogP contribution in [0, 0.1) is 12.8 Å². The molecular weight excluding hydrogens is 421 g/mol. The van der Waals surface area contributed by atoms with E-state index in [1.165, 1.54) is 6.73 Å². The zero-order valence-electron chi connectivity index (χ0n) is 9.69. The zero-order chi connectivity index (χ0) is 12.1. The molecule has 2 aromatic rings. The van der Waals surface area contributed by atoms with Crippen molar-refractivity contribution in [3.63, 3.8) is 0 Å². The maximum atomic E-state index is 13.8. The van der Waals surface area contributed by atoms with Crippen LogP contribution >= 0.6 is 0 Å². The number of ether oxygens (including phenoxy) is 1. The van der Waals surface area contributed by atoms with Crippen LogP contribution in [0.3, 0.4) is 0 Å². The molecule has 0 aliphatic carbocycles. The third-order valence-electron chi connectivity index (χ3n) is 3.24. The van der Waals surface area contributed by atoms with Crippen LogP contribution in [0.2, 0.25) is 0 Å². The van der Waals surface area contributed by atoms with Gasteiger partial charge in [-0.25, -0.2) is 0 Å². The molecule has 2 nitrogen and oxygen atoms in total. The van der Waals surface area contributed by atoms with E-state index >= 15 is 0 Å². The summed E-state index contributed by atoms with van der Waals surface area (Å²) in [6.45, 7) is 1.38. The van der Waals surface area contributed by atoms with E-state index in [0.29, 0.717) is 5.70 Å². The van der Waals surface area contributed by atoms with Crippen molar-refractivity contribution in [2.75, 3.05) is 4.90 Å². The maximum Gasteiger partial charge on any atom is 0.265 e. The molecule has 0 aromatic heterocycles. The monoisotopic (exact) mass is 430 g/mol. The summed E-state index contributed by atoms with van der Waals surface area (Å²) in [6.07, 6.45) is 0. The van der Waals surface area contributed by atoms with Gasteiger partial charge in [0.05, 0.1) is 5.70 Å². The molecule has 0 amide bonds. The fraction of sp³-hybridized carbons (Fsp3) is 0. The molecule has 4 rings (SSSR count). The molecular formula is C15H8FIrNO-2. The predicted molar refractivity (Wildman–Crippen MR) is 66.6 cm³/mol. The van der Waals surface area contributed by atoms with Gasteiger partial charge in [0.1, 0.15) is 0 Å². The summed E-state index contributed by atoms with van der Waals surface area (Å²) < 4.78 is 18.7. The van der Waals surface area contributed by atoms with Crippen molar-refractivity contribution in [3.05, 3.63) is 66.8 Å². The Morgan fingerprint density at radius 3 is 2.63 bits per heavy atom. The quantitative estimate of drug-likeness (QED) is 0.592. The van der Waals surface area contributed by atoms with Crippen LogP contribution < -0.4 is 4.90 Å². The molecule has 2 aromatic carbocycles. The Morgan fingerprint density at radius 2 is 1.79 bits per heavy atom. The van der Waals surface area contributed by atoms with Gasteiger partial charge in [-0.2, -0.15) is 28.7 Å². The van der Waals surface area contributed by atoms with Crippen molar-refractivity contribution < 1.29 is 29.2 Å². The number of hydrogen-bond acceptors (Lipinski definition) is 2. The van der Waals surface area contributed by atoms with Crippen LogP contribution in [-0.2, 0) is 24.8 Å². The second-order valence-corrected chi connectivity index (χ2v) is 4.19. The Morgan fingerprint density at radius 1 is 1.05 bits per heavy atom. The van der Waals surface area contributed by atoms with Crippen molar-refractivity contribution in [2.24, 2.45) is 0 Å². The topological polar surface area (TPSA) is 12.5 Å². The average Bonchev–Trinajstić information content (AvgIpc) is 2.82. The number of nitrogens with zero attached hydrogens (tertiary/aromatic N) is 1. The van der Waals surface area contributed by atoms with Gasteiger partial charge < -0.3 is 9.64 Å². The van der Waals surface area contributed by atoms with Gasteiger partial charge in [0.25, 0.3) is 6.01 Å². The fourth-order valence-corrected chi connectivity index (χ4v) is 2.47. The fourth-order valence-electron chi connectivity index (χ4n) is 2.47. The van der Waals surface area contributed by atoms with Gasteiger partial charge in [0.2, 0.25) is 0 Å². The van der Waals surface area contributed by atoms with Crippen LogP contribution in [0.1, 0.15) is 5.56 Å². The van der Waals surface area contributed by atoms with Gasteiger partial charge in [-0.05, 0) is 5.56 Å². The maximum absolute atomic E-state index is 13.8. The first kappa shape index (κ1) is 12.4. The number of halogens is 1. The second kappa shape index (κ2) is 4.48. The molecule has 97 valence electrons. The summed E-state index contributed by atoms with van der Waals surface area (Å²) in [7, 11) is 0. The Labute approximate surface area is 123 Å². The molecule has 0 unspecified atom stereocenters. The van der Waals surface area contributed by atoms with Crippen molar-refractivity contribution >= 4 is 11.4 Å². The number of rotatable bonds is 0. The minimum absolute atomic E-state index is 0. The molecule has 0 fully saturated rings.